The van der Waals surface area contributed by atoms with Crippen molar-refractivity contribution in [2.75, 3.05) is 12.4 Å². The Morgan fingerprint density at radius 1 is 1.23 bits per heavy atom. The van der Waals surface area contributed by atoms with E-state index in [4.69, 9.17) is 4.74 Å². The molecule has 112 valence electrons. The maximum atomic E-state index is 5.25. The van der Waals surface area contributed by atoms with Crippen LogP contribution < -0.4 is 10.1 Å². The maximum absolute atomic E-state index is 5.25. The summed E-state index contributed by atoms with van der Waals surface area (Å²) in [5.41, 5.74) is 3.22. The van der Waals surface area contributed by atoms with E-state index in [0.717, 1.165) is 34.9 Å². The Morgan fingerprint density at radius 3 is 2.95 bits per heavy atom. The minimum absolute atomic E-state index is 0.858. The van der Waals surface area contributed by atoms with Crippen molar-refractivity contribution in [3.8, 4) is 5.75 Å². The number of methoxy groups -OCH3 is 1. The molecule has 22 heavy (non-hydrogen) atoms. The molecule has 4 heteroatoms. The van der Waals surface area contributed by atoms with Crippen molar-refractivity contribution in [3.05, 3.63) is 66.4 Å². The topological polar surface area (TPSA) is 39.1 Å². The second kappa shape index (κ2) is 6.35. The molecule has 3 rings (SSSR count). The number of nitrogens with zero attached hydrogens (tertiary/aromatic N) is 2. The minimum Gasteiger partial charge on any atom is -0.497 e. The van der Waals surface area contributed by atoms with Crippen LogP contribution in [0.5, 0.6) is 5.75 Å². The molecule has 0 amide bonds. The van der Waals surface area contributed by atoms with Crippen molar-refractivity contribution in [1.29, 1.82) is 0 Å². The number of aromatic nitrogens is 2. The average Bonchev–Trinajstić information content (AvgIpc) is 2.82. The molecule has 0 saturated heterocycles. The summed E-state index contributed by atoms with van der Waals surface area (Å²) in [5, 5.41) is 7.86. The van der Waals surface area contributed by atoms with Gasteiger partial charge in [0.05, 0.1) is 19.0 Å². The van der Waals surface area contributed by atoms with Crippen LogP contribution in [0.25, 0.3) is 5.70 Å². The molecule has 1 N–H and O–H groups in total. The second-order valence-corrected chi connectivity index (χ2v) is 5.09. The van der Waals surface area contributed by atoms with E-state index in [1.165, 1.54) is 0 Å². The third kappa shape index (κ3) is 2.96. The standard InChI is InChI=1S/C18H19N3O/c1-14-13-16(22-2)9-10-17(14)20-18-11-12-19-21(18)15-7-5-3-4-6-8-15/h3-5,7-13,20H,6H2,1-2H3. The molecular weight excluding hydrogens is 274 g/mol. The molecule has 0 aliphatic heterocycles. The lowest BCUT2D eigenvalue weighted by Crippen LogP contribution is -2.04. The lowest BCUT2D eigenvalue weighted by Gasteiger charge is -2.13. The van der Waals surface area contributed by atoms with Crippen molar-refractivity contribution >= 4 is 17.2 Å². The molecule has 1 aromatic carbocycles. The molecule has 4 nitrogen and oxygen atoms in total. The van der Waals surface area contributed by atoms with Gasteiger partial charge in [-0.3, -0.25) is 0 Å². The molecule has 0 saturated carbocycles. The van der Waals surface area contributed by atoms with Crippen LogP contribution >= 0.6 is 0 Å². The lowest BCUT2D eigenvalue weighted by molar-refractivity contribution is 0.414. The molecule has 1 aliphatic rings. The van der Waals surface area contributed by atoms with Crippen LogP contribution in [0.1, 0.15) is 12.0 Å². The monoisotopic (exact) mass is 293 g/mol. The van der Waals surface area contributed by atoms with Crippen LogP contribution in [0.3, 0.4) is 0 Å². The van der Waals surface area contributed by atoms with Crippen LogP contribution in [0.4, 0.5) is 11.5 Å². The fourth-order valence-electron chi connectivity index (χ4n) is 2.37. The minimum atomic E-state index is 0.858. The third-order valence-electron chi connectivity index (χ3n) is 3.56. The summed E-state index contributed by atoms with van der Waals surface area (Å²) in [6.07, 6.45) is 13.1. The molecular formula is C18H19N3O. The molecule has 1 aliphatic carbocycles. The Labute approximate surface area is 130 Å². The van der Waals surface area contributed by atoms with Gasteiger partial charge in [-0.2, -0.15) is 5.10 Å². The fraction of sp³-hybridized carbons (Fsp3) is 0.167. The van der Waals surface area contributed by atoms with Gasteiger partial charge >= 0.3 is 0 Å². The molecule has 0 bridgehead atoms. The van der Waals surface area contributed by atoms with Crippen molar-refractivity contribution in [2.24, 2.45) is 0 Å². The number of allylic oxidation sites excluding steroid dienone is 6. The van der Waals surface area contributed by atoms with Gasteiger partial charge in [0.15, 0.2) is 0 Å². The molecule has 0 unspecified atom stereocenters. The summed E-state index contributed by atoms with van der Waals surface area (Å²) < 4.78 is 7.16. The van der Waals surface area contributed by atoms with Gasteiger partial charge in [-0.15, -0.1) is 0 Å². The first-order chi connectivity index (χ1) is 10.8. The number of aryl methyl sites for hydroxylation is 1. The quantitative estimate of drug-likeness (QED) is 0.913. The van der Waals surface area contributed by atoms with E-state index < -0.39 is 0 Å². The Kier molecular flexibility index (Phi) is 4.10. The van der Waals surface area contributed by atoms with Crippen molar-refractivity contribution in [1.82, 2.24) is 9.78 Å². The zero-order valence-corrected chi connectivity index (χ0v) is 12.8. The van der Waals surface area contributed by atoms with Crippen LogP contribution in [-0.4, -0.2) is 16.9 Å². The Bertz CT molecular complexity index is 753. The van der Waals surface area contributed by atoms with E-state index in [1.54, 1.807) is 13.3 Å². The first-order valence-electron chi connectivity index (χ1n) is 7.27. The highest BCUT2D eigenvalue weighted by molar-refractivity contribution is 5.68. The van der Waals surface area contributed by atoms with Gasteiger partial charge in [-0.1, -0.05) is 24.3 Å². The van der Waals surface area contributed by atoms with E-state index in [0.29, 0.717) is 0 Å². The van der Waals surface area contributed by atoms with Crippen molar-refractivity contribution in [3.63, 3.8) is 0 Å². The first-order valence-corrected chi connectivity index (χ1v) is 7.27. The maximum Gasteiger partial charge on any atom is 0.134 e. The summed E-state index contributed by atoms with van der Waals surface area (Å²) in [6.45, 7) is 2.06. The van der Waals surface area contributed by atoms with Crippen LogP contribution in [0.15, 0.2) is 60.8 Å². The molecule has 0 radical (unpaired) electrons. The van der Waals surface area contributed by atoms with E-state index in [-0.39, 0.29) is 0 Å². The predicted molar refractivity (Wildman–Crippen MR) is 90.4 cm³/mol. The zero-order chi connectivity index (χ0) is 15.4. The molecule has 0 fully saturated rings. The summed E-state index contributed by atoms with van der Waals surface area (Å²) in [4.78, 5) is 0. The van der Waals surface area contributed by atoms with E-state index in [1.807, 2.05) is 41.1 Å². The molecule has 0 spiro atoms. The number of hydrogen-bond acceptors (Lipinski definition) is 3. The Morgan fingerprint density at radius 2 is 2.14 bits per heavy atom. The summed E-state index contributed by atoms with van der Waals surface area (Å²) in [5.74, 6) is 1.79. The van der Waals surface area contributed by atoms with E-state index >= 15 is 0 Å². The van der Waals surface area contributed by atoms with E-state index in [2.05, 4.69) is 35.6 Å². The third-order valence-corrected chi connectivity index (χ3v) is 3.56. The highest BCUT2D eigenvalue weighted by atomic mass is 16.5. The number of benzene rings is 1. The van der Waals surface area contributed by atoms with Gasteiger partial charge in [-0.05, 0) is 43.2 Å². The van der Waals surface area contributed by atoms with Gasteiger partial charge in [0.1, 0.15) is 11.6 Å². The number of anilines is 2. The van der Waals surface area contributed by atoms with Gasteiger partial charge in [0.2, 0.25) is 0 Å². The number of rotatable bonds is 4. The largest absolute Gasteiger partial charge is 0.497 e. The summed E-state index contributed by atoms with van der Waals surface area (Å²) in [6, 6.07) is 7.95. The Balaban J connectivity index is 1.88. The van der Waals surface area contributed by atoms with Gasteiger partial charge in [-0.25, -0.2) is 4.68 Å². The summed E-state index contributed by atoms with van der Waals surface area (Å²) >= 11 is 0. The highest BCUT2D eigenvalue weighted by Crippen LogP contribution is 2.26. The number of hydrogen-bond donors (Lipinski definition) is 1. The van der Waals surface area contributed by atoms with Crippen LogP contribution in [-0.2, 0) is 0 Å². The van der Waals surface area contributed by atoms with Crippen LogP contribution in [0, 0.1) is 6.92 Å². The van der Waals surface area contributed by atoms with Gasteiger partial charge < -0.3 is 10.1 Å². The normalized spacial score (nSPS) is 13.6. The number of ether oxygens (including phenoxy) is 1. The summed E-state index contributed by atoms with van der Waals surface area (Å²) in [7, 11) is 1.68. The van der Waals surface area contributed by atoms with Gasteiger partial charge in [0.25, 0.3) is 0 Å². The number of nitrogens with one attached hydrogen (secondary N) is 1. The Hall–Kier alpha value is -2.75. The molecule has 2 aromatic rings. The molecule has 1 heterocycles. The first kappa shape index (κ1) is 14.2. The zero-order valence-electron chi connectivity index (χ0n) is 12.8. The van der Waals surface area contributed by atoms with Gasteiger partial charge in [0, 0.05) is 11.8 Å². The molecule has 0 atom stereocenters. The average molecular weight is 293 g/mol. The molecule has 1 aromatic heterocycles. The fourth-order valence-corrected chi connectivity index (χ4v) is 2.37. The predicted octanol–water partition coefficient (Wildman–Crippen LogP) is 4.30. The van der Waals surface area contributed by atoms with Crippen molar-refractivity contribution < 1.29 is 4.74 Å². The SMILES string of the molecule is COc1ccc(Nc2ccnn2C2=CCC=CC=C2)c(C)c1. The lowest BCUT2D eigenvalue weighted by atomic mass is 10.2. The van der Waals surface area contributed by atoms with Crippen LogP contribution in [0.2, 0.25) is 0 Å². The van der Waals surface area contributed by atoms with E-state index in [9.17, 15) is 0 Å². The smallest absolute Gasteiger partial charge is 0.134 e. The van der Waals surface area contributed by atoms with Crippen molar-refractivity contribution in [2.45, 2.75) is 13.3 Å². The second-order valence-electron chi connectivity index (χ2n) is 5.09. The highest BCUT2D eigenvalue weighted by Gasteiger charge is 2.08.